The monoisotopic (exact) mass is 683 g/mol. The van der Waals surface area contributed by atoms with Gasteiger partial charge < -0.3 is 30.1 Å². The van der Waals surface area contributed by atoms with Gasteiger partial charge in [-0.1, -0.05) is 63.7 Å². The molecule has 0 aliphatic carbocycles. The summed E-state index contributed by atoms with van der Waals surface area (Å²) in [6.07, 6.45) is 0.644. The van der Waals surface area contributed by atoms with Gasteiger partial charge in [-0.25, -0.2) is 0 Å². The van der Waals surface area contributed by atoms with Crippen LogP contribution in [0.25, 0.3) is 11.3 Å². The number of hydrogen-bond acceptors (Lipinski definition) is 8. The fraction of sp³-hybridized carbons (Fsp3) is 0.269. The van der Waals surface area contributed by atoms with Gasteiger partial charge in [0.1, 0.15) is 28.4 Å². The summed E-state index contributed by atoms with van der Waals surface area (Å²) in [5.74, 6) is -2.16. The Morgan fingerprint density at radius 3 is 2.07 bits per heavy atom. The molecule has 0 bridgehead atoms. The molecule has 2 amide bonds. The van der Waals surface area contributed by atoms with Gasteiger partial charge in [-0.15, -0.1) is 11.8 Å². The van der Waals surface area contributed by atoms with Crippen molar-refractivity contribution in [1.29, 1.82) is 0 Å². The number of carbonyl (C=O) groups is 4. The van der Waals surface area contributed by atoms with Gasteiger partial charge in [-0.3, -0.25) is 14.4 Å². The molecule has 2 fully saturated rings. The molecular formula is C26H22Cl4N3NaO7S. The number of aliphatic carboxylic acids is 1. The molecule has 5 rings (SSSR count). The summed E-state index contributed by atoms with van der Waals surface area (Å²) in [6, 6.07) is 7.87. The second kappa shape index (κ2) is 14.3. The number of halogens is 4. The van der Waals surface area contributed by atoms with Crippen LogP contribution in [0.2, 0.25) is 20.1 Å². The molecule has 0 saturated carbocycles. The van der Waals surface area contributed by atoms with Crippen molar-refractivity contribution >= 4 is 82.2 Å². The SMILES string of the molecule is Cc1onc(-c2c(Cl)cccc2Cl)c1C(=O)N[C@@H]1C(=O)N2[C@@H]1SC(C)(C)[C@@H]2C(=O)[O-].O.O=Cc1c(Cl)cccc1Cl.[Na+]. The number of aromatic nitrogens is 1. The molecular weight excluding hydrogens is 663 g/mol. The number of carboxylic acid groups (broad SMARTS) is 1. The average molecular weight is 685 g/mol. The number of benzene rings is 2. The molecule has 1 aromatic heterocycles. The van der Waals surface area contributed by atoms with Crippen LogP contribution in [-0.2, 0) is 9.59 Å². The molecule has 3 heterocycles. The maximum Gasteiger partial charge on any atom is 1.00 e. The number of rotatable bonds is 5. The molecule has 2 aromatic carbocycles. The van der Waals surface area contributed by atoms with Gasteiger partial charge in [-0.05, 0) is 45.0 Å². The standard InChI is InChI=1S/C19H17Cl2N3O5S.C7H4Cl2O.Na.H2O/c1-7-10(12(23-29-7)11-8(20)5-4-6-9(11)21)15(25)22-13-16(26)24-14(18(27)28)19(2,3)30-17(13)24;8-6-2-1-3-7(9)5(6)4-10;;/h4-6,13-14,17H,1-3H3,(H,22,25)(H,27,28);1-4H;;1H2/q;;+1;/p-1/t13-,14+,17-;;;/m1.../s1. The maximum atomic E-state index is 13.1. The van der Waals surface area contributed by atoms with E-state index < -0.39 is 40.0 Å². The number of thioether (sulfide) groups is 1. The normalized spacial score (nSPS) is 19.6. The van der Waals surface area contributed by atoms with E-state index in [4.69, 9.17) is 50.9 Å². The Kier molecular flexibility index (Phi) is 12.4. The Bertz CT molecular complexity index is 1500. The number of nitrogens with one attached hydrogen (secondary N) is 1. The van der Waals surface area contributed by atoms with Gasteiger partial charge in [0.15, 0.2) is 6.29 Å². The van der Waals surface area contributed by atoms with Crippen LogP contribution in [0.3, 0.4) is 0 Å². The predicted molar refractivity (Wildman–Crippen MR) is 155 cm³/mol. The number of nitrogens with zero attached hydrogens (tertiary/aromatic N) is 2. The van der Waals surface area contributed by atoms with Crippen LogP contribution in [0.1, 0.15) is 40.3 Å². The molecule has 2 aliphatic heterocycles. The average Bonchev–Trinajstić information content (AvgIpc) is 3.37. The zero-order valence-electron chi connectivity index (χ0n) is 22.5. The summed E-state index contributed by atoms with van der Waals surface area (Å²) in [5.41, 5.74) is 0.967. The van der Waals surface area contributed by atoms with Crippen LogP contribution in [0, 0.1) is 6.92 Å². The van der Waals surface area contributed by atoms with Crippen molar-refractivity contribution in [1.82, 2.24) is 15.4 Å². The van der Waals surface area contributed by atoms with Crippen LogP contribution in [0.15, 0.2) is 40.9 Å². The third-order valence-corrected chi connectivity index (χ3v) is 9.22. The first-order chi connectivity index (χ1) is 18.8. The van der Waals surface area contributed by atoms with Gasteiger partial charge in [0, 0.05) is 10.3 Å². The summed E-state index contributed by atoms with van der Waals surface area (Å²) in [6.45, 7) is 5.01. The van der Waals surface area contributed by atoms with Crippen LogP contribution in [-0.4, -0.2) is 61.8 Å². The number of aryl methyl sites for hydroxylation is 1. The smallest absolute Gasteiger partial charge is 0.548 e. The zero-order valence-corrected chi connectivity index (χ0v) is 28.4. The van der Waals surface area contributed by atoms with Crippen LogP contribution in [0.4, 0.5) is 0 Å². The number of β-lactam (4-membered cyclic amide) rings is 1. The van der Waals surface area contributed by atoms with Crippen LogP contribution < -0.4 is 40.0 Å². The molecule has 3 aromatic rings. The summed E-state index contributed by atoms with van der Waals surface area (Å²) < 4.78 is 4.45. The first kappa shape index (κ1) is 36.4. The van der Waals surface area contributed by atoms with Gasteiger partial charge >= 0.3 is 29.6 Å². The van der Waals surface area contributed by atoms with Crippen molar-refractivity contribution in [3.63, 3.8) is 0 Å². The van der Waals surface area contributed by atoms with E-state index in [0.29, 0.717) is 37.5 Å². The van der Waals surface area contributed by atoms with E-state index in [1.807, 2.05) is 0 Å². The molecule has 3 atom stereocenters. The fourth-order valence-corrected chi connectivity index (χ4v) is 7.18. The number of carbonyl (C=O) groups excluding carboxylic acids is 4. The molecule has 0 unspecified atom stereocenters. The molecule has 0 spiro atoms. The number of aldehydes is 1. The minimum Gasteiger partial charge on any atom is -0.548 e. The van der Waals surface area contributed by atoms with E-state index in [2.05, 4.69) is 10.5 Å². The van der Waals surface area contributed by atoms with Crippen LogP contribution >= 0.6 is 58.2 Å². The van der Waals surface area contributed by atoms with E-state index >= 15 is 0 Å². The zero-order chi connectivity index (χ0) is 29.5. The van der Waals surface area contributed by atoms with E-state index in [-0.39, 0.29) is 52.1 Å². The summed E-state index contributed by atoms with van der Waals surface area (Å²) in [5, 5.41) is 19.0. The molecule has 2 saturated heterocycles. The molecule has 10 nitrogen and oxygen atoms in total. The molecule has 3 N–H and O–H groups in total. The topological polar surface area (TPSA) is 164 Å². The minimum atomic E-state index is -1.32. The summed E-state index contributed by atoms with van der Waals surface area (Å²) >= 11 is 25.0. The Morgan fingerprint density at radius 1 is 1.07 bits per heavy atom. The Balaban J connectivity index is 0.000000439. The van der Waals surface area contributed by atoms with Gasteiger partial charge in [-0.2, -0.15) is 0 Å². The van der Waals surface area contributed by atoms with Crippen molar-refractivity contribution in [3.05, 3.63) is 73.4 Å². The van der Waals surface area contributed by atoms with E-state index in [1.165, 1.54) is 16.7 Å². The summed E-state index contributed by atoms with van der Waals surface area (Å²) in [4.78, 5) is 48.7. The van der Waals surface area contributed by atoms with Crippen molar-refractivity contribution < 1.29 is 63.8 Å². The molecule has 16 heteroatoms. The largest absolute Gasteiger partial charge is 1.00 e. The van der Waals surface area contributed by atoms with E-state index in [0.717, 1.165) is 0 Å². The second-order valence-electron chi connectivity index (χ2n) is 9.34. The number of fused-ring (bicyclic) bond motifs is 1. The van der Waals surface area contributed by atoms with Crippen molar-refractivity contribution in [3.8, 4) is 11.3 Å². The molecule has 42 heavy (non-hydrogen) atoms. The number of hydrogen-bond donors (Lipinski definition) is 1. The third kappa shape index (κ3) is 6.80. The Labute approximate surface area is 286 Å². The second-order valence-corrected chi connectivity index (χ2v) is 12.7. The van der Waals surface area contributed by atoms with Crippen molar-refractivity contribution in [2.75, 3.05) is 0 Å². The fourth-order valence-electron chi connectivity index (χ4n) is 4.50. The number of amides is 2. The first-order valence-corrected chi connectivity index (χ1v) is 14.0. The summed E-state index contributed by atoms with van der Waals surface area (Å²) in [7, 11) is 0. The van der Waals surface area contributed by atoms with Gasteiger partial charge in [0.25, 0.3) is 5.91 Å². The van der Waals surface area contributed by atoms with E-state index in [9.17, 15) is 24.3 Å². The first-order valence-electron chi connectivity index (χ1n) is 11.6. The number of carboxylic acids is 1. The molecule has 218 valence electrons. The Morgan fingerprint density at radius 2 is 1.60 bits per heavy atom. The van der Waals surface area contributed by atoms with Gasteiger partial charge in [0.05, 0.1) is 37.7 Å². The third-order valence-electron chi connectivity index (χ3n) is 6.36. The van der Waals surface area contributed by atoms with Gasteiger partial charge in [0.2, 0.25) is 5.91 Å². The van der Waals surface area contributed by atoms with E-state index in [1.54, 1.807) is 57.2 Å². The van der Waals surface area contributed by atoms with Crippen LogP contribution in [0.5, 0.6) is 0 Å². The minimum absolute atomic E-state index is 0. The quantitative estimate of drug-likeness (QED) is 0.235. The predicted octanol–water partition coefficient (Wildman–Crippen LogP) is 0.853. The van der Waals surface area contributed by atoms with Crippen molar-refractivity contribution in [2.45, 2.75) is 43.0 Å². The van der Waals surface area contributed by atoms with Crippen molar-refractivity contribution in [2.24, 2.45) is 0 Å². The molecule has 0 radical (unpaired) electrons. The molecule has 2 aliphatic rings. The maximum absolute atomic E-state index is 13.1. The Hall–Kier alpha value is -1.80.